The zero-order valence-corrected chi connectivity index (χ0v) is 6.09. The molecule has 0 aromatic heterocycles. The molecule has 50 valence electrons. The van der Waals surface area contributed by atoms with Crippen LogP contribution < -0.4 is 0 Å². The van der Waals surface area contributed by atoms with Gasteiger partial charge in [-0.15, -0.1) is 0 Å². The Balaban J connectivity index is 3.29. The molecule has 0 aliphatic heterocycles. The summed E-state index contributed by atoms with van der Waals surface area (Å²) in [6, 6.07) is 2.17. The van der Waals surface area contributed by atoms with Crippen molar-refractivity contribution >= 4 is 0 Å². The number of rotatable bonds is 3. The lowest BCUT2D eigenvalue weighted by atomic mass is 10.1. The lowest BCUT2D eigenvalue weighted by Gasteiger charge is -1.91. The second-order valence-electron chi connectivity index (χ2n) is 2.15. The van der Waals surface area contributed by atoms with E-state index < -0.39 is 0 Å². The molecule has 0 aliphatic rings. The van der Waals surface area contributed by atoms with Gasteiger partial charge >= 0.3 is 0 Å². The predicted molar refractivity (Wildman–Crippen MR) is 38.8 cm³/mol. The Labute approximate surface area is 57.0 Å². The summed E-state index contributed by atoms with van der Waals surface area (Å²) in [7, 11) is 0. The summed E-state index contributed by atoms with van der Waals surface area (Å²) in [6.45, 7) is 4.02. The van der Waals surface area contributed by atoms with E-state index in [-0.39, 0.29) is 5.92 Å². The number of allylic oxidation sites excluding steroid dienone is 2. The average Bonchev–Trinajstić information content (AvgIpc) is 1.89. The first-order valence-electron chi connectivity index (χ1n) is 3.35. The largest absolute Gasteiger partial charge is 0.198 e. The van der Waals surface area contributed by atoms with E-state index in [1.807, 2.05) is 6.92 Å². The Kier molecular flexibility index (Phi) is 4.91. The third kappa shape index (κ3) is 5.10. The Morgan fingerprint density at radius 2 is 2.22 bits per heavy atom. The standard InChI is InChI=1S/C8H13N/c1-3-4-5-6-8(2)7-9/h4-5,8H,3,6H2,1-2H3. The maximum atomic E-state index is 8.35. The van der Waals surface area contributed by atoms with Gasteiger partial charge in [0.1, 0.15) is 0 Å². The second-order valence-corrected chi connectivity index (χ2v) is 2.15. The molecule has 0 amide bonds. The molecule has 0 N–H and O–H groups in total. The fraction of sp³-hybridized carbons (Fsp3) is 0.625. The monoisotopic (exact) mass is 123 g/mol. The molecule has 0 rings (SSSR count). The molecule has 9 heavy (non-hydrogen) atoms. The van der Waals surface area contributed by atoms with Crippen molar-refractivity contribution in [1.82, 2.24) is 0 Å². The zero-order chi connectivity index (χ0) is 7.11. The summed E-state index contributed by atoms with van der Waals surface area (Å²) in [5.41, 5.74) is 0. The van der Waals surface area contributed by atoms with Crippen molar-refractivity contribution in [3.05, 3.63) is 12.2 Å². The van der Waals surface area contributed by atoms with Gasteiger partial charge in [-0.3, -0.25) is 0 Å². The van der Waals surface area contributed by atoms with Crippen LogP contribution in [0.15, 0.2) is 12.2 Å². The van der Waals surface area contributed by atoms with Crippen molar-refractivity contribution in [2.24, 2.45) is 5.92 Å². The number of hydrogen-bond acceptors (Lipinski definition) is 1. The molecule has 1 heteroatoms. The van der Waals surface area contributed by atoms with Crippen LogP contribution in [0, 0.1) is 17.2 Å². The fourth-order valence-corrected chi connectivity index (χ4v) is 0.520. The fourth-order valence-electron chi connectivity index (χ4n) is 0.520. The molecule has 0 aromatic rings. The second kappa shape index (κ2) is 5.37. The van der Waals surface area contributed by atoms with Crippen LogP contribution in [0.5, 0.6) is 0 Å². The Hall–Kier alpha value is -0.770. The molecule has 1 unspecified atom stereocenters. The molecule has 0 bridgehead atoms. The number of nitrogens with zero attached hydrogens (tertiary/aromatic N) is 1. The van der Waals surface area contributed by atoms with Gasteiger partial charge in [-0.25, -0.2) is 0 Å². The van der Waals surface area contributed by atoms with Gasteiger partial charge in [0.15, 0.2) is 0 Å². The average molecular weight is 123 g/mol. The van der Waals surface area contributed by atoms with E-state index in [4.69, 9.17) is 5.26 Å². The molecular formula is C8H13N. The molecule has 0 spiro atoms. The Bertz CT molecular complexity index is 119. The smallest absolute Gasteiger partial charge is 0.0656 e. The van der Waals surface area contributed by atoms with Crippen LogP contribution in [0.2, 0.25) is 0 Å². The number of nitriles is 1. The third-order valence-electron chi connectivity index (χ3n) is 1.11. The van der Waals surface area contributed by atoms with Crippen LogP contribution in [-0.2, 0) is 0 Å². The maximum absolute atomic E-state index is 8.35. The molecule has 1 nitrogen and oxygen atoms in total. The van der Waals surface area contributed by atoms with Crippen LogP contribution in [0.1, 0.15) is 26.7 Å². The normalized spacial score (nSPS) is 13.4. The van der Waals surface area contributed by atoms with Crippen molar-refractivity contribution in [3.8, 4) is 6.07 Å². The van der Waals surface area contributed by atoms with E-state index in [2.05, 4.69) is 25.1 Å². The Morgan fingerprint density at radius 3 is 2.67 bits per heavy atom. The lowest BCUT2D eigenvalue weighted by Crippen LogP contribution is -1.84. The van der Waals surface area contributed by atoms with Crippen molar-refractivity contribution in [1.29, 1.82) is 5.26 Å². The van der Waals surface area contributed by atoms with Gasteiger partial charge in [-0.1, -0.05) is 19.1 Å². The quantitative estimate of drug-likeness (QED) is 0.529. The van der Waals surface area contributed by atoms with Gasteiger partial charge in [0.2, 0.25) is 0 Å². The minimum absolute atomic E-state index is 0.174. The van der Waals surface area contributed by atoms with Gasteiger partial charge < -0.3 is 0 Å². The molecule has 0 radical (unpaired) electrons. The van der Waals surface area contributed by atoms with Crippen LogP contribution in [-0.4, -0.2) is 0 Å². The summed E-state index contributed by atoms with van der Waals surface area (Å²) < 4.78 is 0. The van der Waals surface area contributed by atoms with Gasteiger partial charge in [-0.2, -0.15) is 5.26 Å². The summed E-state index contributed by atoms with van der Waals surface area (Å²) in [6.07, 6.45) is 6.12. The molecule has 1 atom stereocenters. The molecular weight excluding hydrogens is 110 g/mol. The van der Waals surface area contributed by atoms with Crippen LogP contribution in [0.4, 0.5) is 0 Å². The molecule has 0 aromatic carbocycles. The highest BCUT2D eigenvalue weighted by atomic mass is 14.2. The molecule has 0 heterocycles. The van der Waals surface area contributed by atoms with E-state index in [1.165, 1.54) is 0 Å². The summed E-state index contributed by atoms with van der Waals surface area (Å²) in [5, 5.41) is 8.35. The van der Waals surface area contributed by atoms with Crippen molar-refractivity contribution in [2.45, 2.75) is 26.7 Å². The van der Waals surface area contributed by atoms with E-state index in [1.54, 1.807) is 0 Å². The van der Waals surface area contributed by atoms with Gasteiger partial charge in [-0.05, 0) is 19.8 Å². The summed E-state index contributed by atoms with van der Waals surface area (Å²) >= 11 is 0. The predicted octanol–water partition coefficient (Wildman–Crippen LogP) is 2.50. The van der Waals surface area contributed by atoms with Gasteiger partial charge in [0, 0.05) is 5.92 Å². The van der Waals surface area contributed by atoms with E-state index >= 15 is 0 Å². The van der Waals surface area contributed by atoms with Crippen LogP contribution >= 0.6 is 0 Å². The molecule has 0 saturated carbocycles. The number of hydrogen-bond donors (Lipinski definition) is 0. The first kappa shape index (κ1) is 8.23. The highest BCUT2D eigenvalue weighted by molar-refractivity contribution is 4.89. The van der Waals surface area contributed by atoms with Crippen LogP contribution in [0.25, 0.3) is 0 Å². The van der Waals surface area contributed by atoms with E-state index in [9.17, 15) is 0 Å². The third-order valence-corrected chi connectivity index (χ3v) is 1.11. The van der Waals surface area contributed by atoms with E-state index in [0.29, 0.717) is 0 Å². The van der Waals surface area contributed by atoms with Crippen molar-refractivity contribution in [2.75, 3.05) is 0 Å². The molecule has 0 aliphatic carbocycles. The highest BCUT2D eigenvalue weighted by Crippen LogP contribution is 1.99. The maximum Gasteiger partial charge on any atom is 0.0656 e. The van der Waals surface area contributed by atoms with E-state index in [0.717, 1.165) is 12.8 Å². The minimum atomic E-state index is 0.174. The summed E-state index contributed by atoms with van der Waals surface area (Å²) in [4.78, 5) is 0. The highest BCUT2D eigenvalue weighted by Gasteiger charge is 1.91. The van der Waals surface area contributed by atoms with Crippen molar-refractivity contribution in [3.63, 3.8) is 0 Å². The first-order valence-corrected chi connectivity index (χ1v) is 3.35. The molecule has 0 fully saturated rings. The minimum Gasteiger partial charge on any atom is -0.198 e. The lowest BCUT2D eigenvalue weighted by molar-refractivity contribution is 0.758. The molecule has 0 saturated heterocycles. The first-order chi connectivity index (χ1) is 4.31. The zero-order valence-electron chi connectivity index (χ0n) is 6.09. The van der Waals surface area contributed by atoms with Gasteiger partial charge in [0.25, 0.3) is 0 Å². The topological polar surface area (TPSA) is 23.8 Å². The van der Waals surface area contributed by atoms with Gasteiger partial charge in [0.05, 0.1) is 6.07 Å². The van der Waals surface area contributed by atoms with Crippen molar-refractivity contribution < 1.29 is 0 Å². The SMILES string of the molecule is CCC=CCC(C)C#N. The van der Waals surface area contributed by atoms with Crippen LogP contribution in [0.3, 0.4) is 0 Å². The summed E-state index contributed by atoms with van der Waals surface area (Å²) in [5.74, 6) is 0.174. The Morgan fingerprint density at radius 1 is 1.56 bits per heavy atom.